The summed E-state index contributed by atoms with van der Waals surface area (Å²) in [5, 5.41) is 18.9. The van der Waals surface area contributed by atoms with Crippen molar-refractivity contribution in [3.63, 3.8) is 0 Å². The van der Waals surface area contributed by atoms with Crippen LogP contribution in [0.2, 0.25) is 5.02 Å². The molecule has 0 unspecified atom stereocenters. The Morgan fingerprint density at radius 1 is 1.19 bits per heavy atom. The van der Waals surface area contributed by atoms with E-state index < -0.39 is 33.0 Å². The van der Waals surface area contributed by atoms with E-state index in [0.29, 0.717) is 22.1 Å². The van der Waals surface area contributed by atoms with Crippen LogP contribution in [0.15, 0.2) is 47.4 Å². The largest absolute Gasteiger partial charge is 0.454 e. The fraction of sp³-hybridized carbons (Fsp3) is 0.278. The molecule has 0 bridgehead atoms. The van der Waals surface area contributed by atoms with Gasteiger partial charge in [0.2, 0.25) is 6.79 Å². The van der Waals surface area contributed by atoms with Crippen LogP contribution in [0, 0.1) is 16.7 Å². The number of benzene rings is 2. The number of ether oxygens (including phenoxy) is 2. The lowest BCUT2D eigenvalue weighted by atomic mass is 10.0. The van der Waals surface area contributed by atoms with Crippen molar-refractivity contribution in [2.24, 2.45) is 5.41 Å². The van der Waals surface area contributed by atoms with Gasteiger partial charge in [-0.3, -0.25) is 0 Å². The lowest BCUT2D eigenvalue weighted by molar-refractivity contribution is 0.174. The van der Waals surface area contributed by atoms with Crippen LogP contribution in [0.5, 0.6) is 11.5 Å². The minimum absolute atomic E-state index is 0.0724. The summed E-state index contributed by atoms with van der Waals surface area (Å²) >= 11 is 5.83. The van der Waals surface area contributed by atoms with Crippen LogP contribution in [0.1, 0.15) is 11.5 Å². The van der Waals surface area contributed by atoms with Crippen molar-refractivity contribution in [1.82, 2.24) is 0 Å². The number of aliphatic hydroxyl groups excluding tert-OH is 1. The van der Waals surface area contributed by atoms with Crippen molar-refractivity contribution in [3.05, 3.63) is 53.1 Å². The third kappa shape index (κ3) is 2.37. The van der Waals surface area contributed by atoms with Crippen molar-refractivity contribution >= 4 is 21.4 Å². The molecule has 134 valence electrons. The molecule has 4 rings (SSSR count). The quantitative estimate of drug-likeness (QED) is 0.860. The smallest absolute Gasteiger partial charge is 0.231 e. The molecule has 1 aliphatic heterocycles. The minimum Gasteiger partial charge on any atom is -0.454 e. The minimum atomic E-state index is -3.84. The summed E-state index contributed by atoms with van der Waals surface area (Å²) in [5.41, 5.74) is -0.779. The zero-order valence-corrected chi connectivity index (χ0v) is 15.0. The summed E-state index contributed by atoms with van der Waals surface area (Å²) in [7, 11) is -3.84. The Kier molecular flexibility index (Phi) is 3.88. The zero-order chi connectivity index (χ0) is 18.5. The van der Waals surface area contributed by atoms with E-state index in [1.165, 1.54) is 24.3 Å². The van der Waals surface area contributed by atoms with E-state index in [0.717, 1.165) is 0 Å². The van der Waals surface area contributed by atoms with Crippen LogP contribution >= 0.6 is 11.6 Å². The molecule has 6 nitrogen and oxygen atoms in total. The molecule has 2 aliphatic rings. The molecule has 0 amide bonds. The SMILES string of the molecule is N#C[C@@]1(CO)[C@H](c2ccc3c(c2)OCO3)[C@@H]1S(=O)(=O)c1ccc(Cl)cc1. The lowest BCUT2D eigenvalue weighted by Crippen LogP contribution is -2.18. The summed E-state index contributed by atoms with van der Waals surface area (Å²) in [5.74, 6) is 0.410. The van der Waals surface area contributed by atoms with Gasteiger partial charge in [0, 0.05) is 10.9 Å². The van der Waals surface area contributed by atoms with Crippen molar-refractivity contribution < 1.29 is 23.0 Å². The van der Waals surface area contributed by atoms with Crippen LogP contribution in [-0.2, 0) is 9.84 Å². The summed E-state index contributed by atoms with van der Waals surface area (Å²) < 4.78 is 36.8. The molecule has 3 atom stereocenters. The van der Waals surface area contributed by atoms with Crippen LogP contribution in [-0.4, -0.2) is 32.2 Å². The van der Waals surface area contributed by atoms with Crippen LogP contribution in [0.25, 0.3) is 0 Å². The first-order chi connectivity index (χ1) is 12.4. The Morgan fingerprint density at radius 2 is 1.88 bits per heavy atom. The average Bonchev–Trinajstić information content (AvgIpc) is 3.12. The van der Waals surface area contributed by atoms with Crippen LogP contribution in [0.3, 0.4) is 0 Å². The van der Waals surface area contributed by atoms with E-state index in [4.69, 9.17) is 21.1 Å². The number of aliphatic hydroxyl groups is 1. The number of nitrogens with zero attached hydrogens (tertiary/aromatic N) is 1. The fourth-order valence-electron chi connectivity index (χ4n) is 3.57. The highest BCUT2D eigenvalue weighted by Gasteiger charge is 2.72. The van der Waals surface area contributed by atoms with Gasteiger partial charge in [-0.1, -0.05) is 17.7 Å². The third-order valence-electron chi connectivity index (χ3n) is 4.96. The molecule has 1 fully saturated rings. The molecule has 0 aromatic heterocycles. The maximum Gasteiger partial charge on any atom is 0.231 e. The molecule has 8 heteroatoms. The highest BCUT2D eigenvalue weighted by Crippen LogP contribution is 2.64. The maximum absolute atomic E-state index is 13.1. The Hall–Kier alpha value is -2.27. The molecule has 2 aromatic rings. The molecule has 0 spiro atoms. The van der Waals surface area contributed by atoms with E-state index >= 15 is 0 Å². The normalized spacial score (nSPS) is 26.3. The number of hydrogen-bond acceptors (Lipinski definition) is 6. The van der Waals surface area contributed by atoms with E-state index in [1.54, 1.807) is 18.2 Å². The topological polar surface area (TPSA) is 96.6 Å². The van der Waals surface area contributed by atoms with Gasteiger partial charge in [-0.05, 0) is 42.0 Å². The molecule has 1 N–H and O–H groups in total. The Bertz CT molecular complexity index is 1010. The Balaban J connectivity index is 1.77. The van der Waals surface area contributed by atoms with Gasteiger partial charge in [-0.2, -0.15) is 5.26 Å². The number of halogens is 1. The summed E-state index contributed by atoms with van der Waals surface area (Å²) in [6.45, 7) is -0.459. The second-order valence-electron chi connectivity index (χ2n) is 6.32. The van der Waals surface area contributed by atoms with E-state index in [-0.39, 0.29) is 11.7 Å². The first kappa shape index (κ1) is 17.2. The standard InChI is InChI=1S/C18H14ClNO5S/c19-12-2-4-13(5-3-12)26(22,23)17-16(18(17,8-20)9-21)11-1-6-14-15(7-11)25-10-24-14/h1-7,16-17,21H,9-10H2/t16-,17+,18-/m1/s1. The number of fused-ring (bicyclic) bond motifs is 1. The molecule has 0 radical (unpaired) electrons. The Labute approximate surface area is 155 Å². The number of nitriles is 1. The molecular weight excluding hydrogens is 378 g/mol. The second-order valence-corrected chi connectivity index (χ2v) is 8.83. The molecule has 2 aromatic carbocycles. The van der Waals surface area contributed by atoms with Crippen LogP contribution in [0.4, 0.5) is 0 Å². The van der Waals surface area contributed by atoms with Crippen molar-refractivity contribution in [2.45, 2.75) is 16.1 Å². The fourth-order valence-corrected chi connectivity index (χ4v) is 6.01. The zero-order valence-electron chi connectivity index (χ0n) is 13.4. The third-order valence-corrected chi connectivity index (χ3v) is 7.50. The van der Waals surface area contributed by atoms with Crippen LogP contribution < -0.4 is 9.47 Å². The van der Waals surface area contributed by atoms with E-state index in [1.807, 2.05) is 6.07 Å². The van der Waals surface area contributed by atoms with E-state index in [9.17, 15) is 18.8 Å². The maximum atomic E-state index is 13.1. The first-order valence-corrected chi connectivity index (χ1v) is 9.77. The molecule has 1 aliphatic carbocycles. The second kappa shape index (κ2) is 5.88. The van der Waals surface area contributed by atoms with Crippen molar-refractivity contribution in [3.8, 4) is 17.6 Å². The van der Waals surface area contributed by atoms with Gasteiger partial charge < -0.3 is 14.6 Å². The molecule has 0 saturated heterocycles. The van der Waals surface area contributed by atoms with Gasteiger partial charge >= 0.3 is 0 Å². The monoisotopic (exact) mass is 391 g/mol. The average molecular weight is 392 g/mol. The summed E-state index contributed by atoms with van der Waals surface area (Å²) in [6, 6.07) is 12.9. The van der Waals surface area contributed by atoms with Gasteiger partial charge in [0.05, 0.1) is 22.8 Å². The van der Waals surface area contributed by atoms with Crippen molar-refractivity contribution in [1.29, 1.82) is 5.26 Å². The summed E-state index contributed by atoms with van der Waals surface area (Å²) in [6.07, 6.45) is 0. The van der Waals surface area contributed by atoms with E-state index in [2.05, 4.69) is 0 Å². The van der Waals surface area contributed by atoms with Gasteiger partial charge in [0.15, 0.2) is 21.3 Å². The molecule has 26 heavy (non-hydrogen) atoms. The number of hydrogen-bond donors (Lipinski definition) is 1. The van der Waals surface area contributed by atoms with Crippen molar-refractivity contribution in [2.75, 3.05) is 13.4 Å². The van der Waals surface area contributed by atoms with Gasteiger partial charge in [0.1, 0.15) is 5.41 Å². The number of rotatable bonds is 4. The Morgan fingerprint density at radius 3 is 2.54 bits per heavy atom. The molecule has 1 heterocycles. The van der Waals surface area contributed by atoms with Gasteiger partial charge in [-0.15, -0.1) is 0 Å². The summed E-state index contributed by atoms with van der Waals surface area (Å²) in [4.78, 5) is 0.0724. The highest BCUT2D eigenvalue weighted by molar-refractivity contribution is 7.92. The predicted molar refractivity (Wildman–Crippen MR) is 92.9 cm³/mol. The predicted octanol–water partition coefficient (Wildman–Crippen LogP) is 2.51. The molecular formula is C18H14ClNO5S. The van der Waals surface area contributed by atoms with Gasteiger partial charge in [0.25, 0.3) is 0 Å². The van der Waals surface area contributed by atoms with Gasteiger partial charge in [-0.25, -0.2) is 8.42 Å². The first-order valence-electron chi connectivity index (χ1n) is 7.85. The number of sulfone groups is 1. The lowest BCUT2D eigenvalue weighted by Gasteiger charge is -2.06. The highest BCUT2D eigenvalue weighted by atomic mass is 35.5. The molecule has 1 saturated carbocycles.